The van der Waals surface area contributed by atoms with E-state index in [0.29, 0.717) is 17.9 Å². The number of nitrogens with zero attached hydrogens (tertiary/aromatic N) is 3. The minimum absolute atomic E-state index is 0.141. The number of amides is 1. The fraction of sp³-hybridized carbons (Fsp3) is 0.269. The molecule has 2 aromatic carbocycles. The lowest BCUT2D eigenvalue weighted by molar-refractivity contribution is -0.118. The van der Waals surface area contributed by atoms with E-state index < -0.39 is 6.04 Å². The van der Waals surface area contributed by atoms with Gasteiger partial charge in [-0.05, 0) is 54.7 Å². The molecule has 32 heavy (non-hydrogen) atoms. The van der Waals surface area contributed by atoms with Crippen molar-refractivity contribution >= 4 is 17.4 Å². The lowest BCUT2D eigenvalue weighted by Gasteiger charge is -2.20. The van der Waals surface area contributed by atoms with Gasteiger partial charge < -0.3 is 15.5 Å². The number of carbonyl (C=O) groups excluding carboxylic acids is 1. The highest BCUT2D eigenvalue weighted by atomic mass is 16.2. The Morgan fingerprint density at radius 1 is 1.03 bits per heavy atom. The number of anilines is 2. The highest BCUT2D eigenvalue weighted by Gasteiger charge is 2.20. The van der Waals surface area contributed by atoms with Gasteiger partial charge in [0.05, 0.1) is 23.5 Å². The Kier molecular flexibility index (Phi) is 7.11. The van der Waals surface area contributed by atoms with Gasteiger partial charge in [0.25, 0.3) is 0 Å². The molecule has 0 bridgehead atoms. The van der Waals surface area contributed by atoms with Crippen LogP contribution in [0.2, 0.25) is 0 Å². The molecule has 1 amide bonds. The number of pyridine rings is 1. The van der Waals surface area contributed by atoms with Gasteiger partial charge >= 0.3 is 0 Å². The number of benzene rings is 2. The molecule has 2 heterocycles. The molecule has 1 aromatic heterocycles. The SMILES string of the molecule is N#Cc1ccc(CCN[C@H](C(=O)Nc2ccc(N3CCCC3)cn2)c2ccccc2)cc1. The first kappa shape index (κ1) is 21.5. The van der Waals surface area contributed by atoms with Crippen LogP contribution in [0.25, 0.3) is 0 Å². The van der Waals surface area contributed by atoms with Crippen LogP contribution in [-0.4, -0.2) is 30.5 Å². The highest BCUT2D eigenvalue weighted by Crippen LogP contribution is 2.21. The van der Waals surface area contributed by atoms with Crippen molar-refractivity contribution in [1.82, 2.24) is 10.3 Å². The number of hydrogen-bond donors (Lipinski definition) is 2. The molecule has 0 aliphatic carbocycles. The van der Waals surface area contributed by atoms with Crippen LogP contribution < -0.4 is 15.5 Å². The summed E-state index contributed by atoms with van der Waals surface area (Å²) < 4.78 is 0. The summed E-state index contributed by atoms with van der Waals surface area (Å²) in [6.07, 6.45) is 5.01. The first-order chi connectivity index (χ1) is 15.7. The minimum atomic E-state index is -0.491. The Bertz CT molecular complexity index is 1050. The second-order valence-corrected chi connectivity index (χ2v) is 7.94. The van der Waals surface area contributed by atoms with Crippen LogP contribution in [0.1, 0.15) is 35.6 Å². The largest absolute Gasteiger partial charge is 0.370 e. The molecular formula is C26H27N5O. The van der Waals surface area contributed by atoms with Crippen LogP contribution in [-0.2, 0) is 11.2 Å². The van der Waals surface area contributed by atoms with Crippen molar-refractivity contribution in [3.05, 3.63) is 89.6 Å². The van der Waals surface area contributed by atoms with Crippen LogP contribution in [0, 0.1) is 11.3 Å². The molecule has 0 spiro atoms. The summed E-state index contributed by atoms with van der Waals surface area (Å²) in [5.74, 6) is 0.408. The number of nitriles is 1. The molecule has 0 saturated carbocycles. The van der Waals surface area contributed by atoms with E-state index in [0.717, 1.165) is 36.3 Å². The Balaban J connectivity index is 1.40. The zero-order chi connectivity index (χ0) is 22.2. The quantitative estimate of drug-likeness (QED) is 0.569. The topological polar surface area (TPSA) is 81.0 Å². The summed E-state index contributed by atoms with van der Waals surface area (Å²) in [6, 6.07) is 22.7. The standard InChI is InChI=1S/C26H27N5O/c27-18-21-10-8-20(9-11-21)14-15-28-25(22-6-2-1-3-7-22)26(32)30-24-13-12-23(19-29-24)31-16-4-5-17-31/h1-3,6-13,19,25,28H,4-5,14-17H2,(H,29,30,32)/t25-/m0/s1. The number of nitrogens with one attached hydrogen (secondary N) is 2. The molecule has 3 aromatic rings. The van der Waals surface area contributed by atoms with Crippen molar-refractivity contribution in [2.75, 3.05) is 29.9 Å². The summed E-state index contributed by atoms with van der Waals surface area (Å²) in [6.45, 7) is 2.75. The highest BCUT2D eigenvalue weighted by molar-refractivity contribution is 5.94. The summed E-state index contributed by atoms with van der Waals surface area (Å²) in [5.41, 5.74) is 3.76. The molecule has 1 fully saturated rings. The number of aromatic nitrogens is 1. The zero-order valence-electron chi connectivity index (χ0n) is 18.0. The van der Waals surface area contributed by atoms with E-state index in [1.54, 1.807) is 0 Å². The van der Waals surface area contributed by atoms with Crippen molar-refractivity contribution < 1.29 is 4.79 Å². The van der Waals surface area contributed by atoms with Gasteiger partial charge in [-0.1, -0.05) is 42.5 Å². The molecule has 6 nitrogen and oxygen atoms in total. The van der Waals surface area contributed by atoms with Crippen LogP contribution >= 0.6 is 0 Å². The smallest absolute Gasteiger partial charge is 0.247 e. The van der Waals surface area contributed by atoms with Crippen LogP contribution in [0.5, 0.6) is 0 Å². The Morgan fingerprint density at radius 2 is 1.78 bits per heavy atom. The molecular weight excluding hydrogens is 398 g/mol. The molecule has 4 rings (SSSR count). The average Bonchev–Trinajstić information content (AvgIpc) is 3.38. The first-order valence-corrected chi connectivity index (χ1v) is 11.0. The fourth-order valence-corrected chi connectivity index (χ4v) is 3.93. The van der Waals surface area contributed by atoms with Gasteiger partial charge in [0, 0.05) is 19.6 Å². The number of rotatable bonds is 8. The average molecular weight is 426 g/mol. The van der Waals surface area contributed by atoms with Crippen LogP contribution in [0.3, 0.4) is 0 Å². The molecule has 1 aliphatic heterocycles. The maximum absolute atomic E-state index is 13.1. The lowest BCUT2D eigenvalue weighted by atomic mass is 10.1. The van der Waals surface area contributed by atoms with Gasteiger partial charge in [-0.25, -0.2) is 4.98 Å². The Labute approximate surface area is 188 Å². The third-order valence-electron chi connectivity index (χ3n) is 5.71. The van der Waals surface area contributed by atoms with Gasteiger partial charge in [-0.3, -0.25) is 4.79 Å². The monoisotopic (exact) mass is 425 g/mol. The summed E-state index contributed by atoms with van der Waals surface area (Å²) in [5, 5.41) is 15.3. The van der Waals surface area contributed by atoms with Crippen molar-refractivity contribution in [3.8, 4) is 6.07 Å². The van der Waals surface area contributed by atoms with E-state index in [9.17, 15) is 4.79 Å². The van der Waals surface area contributed by atoms with E-state index in [-0.39, 0.29) is 5.91 Å². The number of hydrogen-bond acceptors (Lipinski definition) is 5. The van der Waals surface area contributed by atoms with Gasteiger partial charge in [-0.15, -0.1) is 0 Å². The molecule has 0 unspecified atom stereocenters. The minimum Gasteiger partial charge on any atom is -0.370 e. The van der Waals surface area contributed by atoms with Crippen molar-refractivity contribution in [3.63, 3.8) is 0 Å². The molecule has 2 N–H and O–H groups in total. The maximum atomic E-state index is 13.1. The van der Waals surface area contributed by atoms with Crippen LogP contribution in [0.4, 0.5) is 11.5 Å². The Morgan fingerprint density at radius 3 is 2.44 bits per heavy atom. The molecule has 6 heteroatoms. The summed E-state index contributed by atoms with van der Waals surface area (Å²) in [7, 11) is 0. The molecule has 1 atom stereocenters. The maximum Gasteiger partial charge on any atom is 0.247 e. The molecule has 0 radical (unpaired) electrons. The predicted octanol–water partition coefficient (Wildman–Crippen LogP) is 4.07. The van der Waals surface area contributed by atoms with Gasteiger partial charge in [-0.2, -0.15) is 5.26 Å². The molecule has 1 aliphatic rings. The van der Waals surface area contributed by atoms with E-state index in [1.807, 2.05) is 72.9 Å². The van der Waals surface area contributed by atoms with Crippen molar-refractivity contribution in [2.45, 2.75) is 25.3 Å². The fourth-order valence-electron chi connectivity index (χ4n) is 3.93. The summed E-state index contributed by atoms with van der Waals surface area (Å²) >= 11 is 0. The number of carbonyl (C=O) groups is 1. The first-order valence-electron chi connectivity index (χ1n) is 11.0. The van der Waals surface area contributed by atoms with Gasteiger partial charge in [0.15, 0.2) is 0 Å². The zero-order valence-corrected chi connectivity index (χ0v) is 18.0. The van der Waals surface area contributed by atoms with E-state index in [1.165, 1.54) is 12.8 Å². The lowest BCUT2D eigenvalue weighted by Crippen LogP contribution is -2.34. The second kappa shape index (κ2) is 10.6. The second-order valence-electron chi connectivity index (χ2n) is 7.94. The van der Waals surface area contributed by atoms with Crippen LogP contribution in [0.15, 0.2) is 72.9 Å². The molecule has 1 saturated heterocycles. The van der Waals surface area contributed by atoms with E-state index in [2.05, 4.69) is 26.6 Å². The Hall–Kier alpha value is -3.69. The van der Waals surface area contributed by atoms with E-state index in [4.69, 9.17) is 5.26 Å². The van der Waals surface area contributed by atoms with Gasteiger partial charge in [0.2, 0.25) is 5.91 Å². The molecule has 162 valence electrons. The predicted molar refractivity (Wildman–Crippen MR) is 126 cm³/mol. The normalized spacial score (nSPS) is 14.0. The van der Waals surface area contributed by atoms with Crippen molar-refractivity contribution in [2.24, 2.45) is 0 Å². The summed E-state index contributed by atoms with van der Waals surface area (Å²) in [4.78, 5) is 19.9. The van der Waals surface area contributed by atoms with Gasteiger partial charge in [0.1, 0.15) is 11.9 Å². The third-order valence-corrected chi connectivity index (χ3v) is 5.71. The third kappa shape index (κ3) is 5.51. The van der Waals surface area contributed by atoms with E-state index >= 15 is 0 Å². The van der Waals surface area contributed by atoms with Crippen molar-refractivity contribution in [1.29, 1.82) is 5.26 Å².